The van der Waals surface area contributed by atoms with Crippen molar-refractivity contribution >= 4 is 23.3 Å². The highest BCUT2D eigenvalue weighted by Crippen LogP contribution is 2.20. The van der Waals surface area contributed by atoms with Gasteiger partial charge in [0.2, 0.25) is 0 Å². The van der Waals surface area contributed by atoms with Crippen LogP contribution in [0.5, 0.6) is 0 Å². The summed E-state index contributed by atoms with van der Waals surface area (Å²) in [5, 5.41) is 10.4. The molecule has 24 heavy (non-hydrogen) atoms. The van der Waals surface area contributed by atoms with Gasteiger partial charge in [-0.05, 0) is 35.9 Å². The first-order chi connectivity index (χ1) is 11.6. The fourth-order valence-corrected chi connectivity index (χ4v) is 2.39. The molecular weight excluding hydrogens is 326 g/mol. The molecule has 122 valence electrons. The Morgan fingerprint density at radius 2 is 2.04 bits per heavy atom. The van der Waals surface area contributed by atoms with E-state index in [2.05, 4.69) is 20.7 Å². The summed E-state index contributed by atoms with van der Waals surface area (Å²) in [6, 6.07) is 10.4. The van der Waals surface area contributed by atoms with Gasteiger partial charge in [0.25, 0.3) is 0 Å². The molecule has 0 aliphatic heterocycles. The molecule has 0 saturated carbocycles. The summed E-state index contributed by atoms with van der Waals surface area (Å²) < 4.78 is 1.72. The molecule has 1 aromatic carbocycles. The molecule has 0 bridgehead atoms. The van der Waals surface area contributed by atoms with Crippen LogP contribution in [0, 0.1) is 0 Å². The predicted molar refractivity (Wildman–Crippen MR) is 93.7 cm³/mol. The Hall–Kier alpha value is -2.86. The maximum Gasteiger partial charge on any atom is 0.319 e. The minimum atomic E-state index is -0.293. The molecule has 0 atom stereocenters. The fraction of sp³-hybridized carbons (Fsp3) is 0.118. The van der Waals surface area contributed by atoms with Crippen molar-refractivity contribution in [2.24, 2.45) is 7.05 Å². The zero-order chi connectivity index (χ0) is 16.9. The van der Waals surface area contributed by atoms with E-state index in [0.29, 0.717) is 17.3 Å². The second kappa shape index (κ2) is 7.14. The Labute approximate surface area is 144 Å². The third-order valence-corrected chi connectivity index (χ3v) is 3.66. The maximum absolute atomic E-state index is 12.0. The molecule has 0 aliphatic carbocycles. The van der Waals surface area contributed by atoms with Crippen molar-refractivity contribution < 1.29 is 4.79 Å². The normalized spacial score (nSPS) is 10.4. The molecule has 6 nitrogen and oxygen atoms in total. The number of aryl methyl sites for hydroxylation is 1. The highest BCUT2D eigenvalue weighted by molar-refractivity contribution is 6.30. The van der Waals surface area contributed by atoms with Crippen molar-refractivity contribution in [1.82, 2.24) is 20.1 Å². The summed E-state index contributed by atoms with van der Waals surface area (Å²) in [7, 11) is 1.85. The van der Waals surface area contributed by atoms with Crippen LogP contribution in [0.2, 0.25) is 5.02 Å². The molecule has 7 heteroatoms. The lowest BCUT2D eigenvalue weighted by Gasteiger charge is -2.10. The molecule has 0 radical (unpaired) electrons. The van der Waals surface area contributed by atoms with Crippen LogP contribution in [0.4, 0.5) is 10.5 Å². The highest BCUT2D eigenvalue weighted by Gasteiger charge is 2.09. The number of carbonyl (C=O) groups is 1. The van der Waals surface area contributed by atoms with Gasteiger partial charge in [0.05, 0.1) is 11.9 Å². The number of hydrogen-bond donors (Lipinski definition) is 2. The average Bonchev–Trinajstić information content (AvgIpc) is 3.02. The molecule has 0 aliphatic rings. The van der Waals surface area contributed by atoms with Gasteiger partial charge < -0.3 is 10.6 Å². The van der Waals surface area contributed by atoms with Crippen LogP contribution in [0.15, 0.2) is 55.0 Å². The number of nitrogens with one attached hydrogen (secondary N) is 2. The molecule has 0 saturated heterocycles. The number of rotatable bonds is 4. The molecule has 3 aromatic rings. The quantitative estimate of drug-likeness (QED) is 0.763. The van der Waals surface area contributed by atoms with Crippen LogP contribution in [-0.2, 0) is 13.6 Å². The molecule has 2 amide bonds. The Morgan fingerprint density at radius 1 is 1.25 bits per heavy atom. The maximum atomic E-state index is 12.0. The van der Waals surface area contributed by atoms with Gasteiger partial charge in [-0.15, -0.1) is 0 Å². The van der Waals surface area contributed by atoms with E-state index in [1.54, 1.807) is 41.3 Å². The van der Waals surface area contributed by atoms with Gasteiger partial charge in [-0.2, -0.15) is 5.10 Å². The van der Waals surface area contributed by atoms with Crippen LogP contribution in [0.25, 0.3) is 11.3 Å². The van der Waals surface area contributed by atoms with E-state index in [1.165, 1.54) is 0 Å². The Morgan fingerprint density at radius 3 is 2.75 bits per heavy atom. The third-order valence-electron chi connectivity index (χ3n) is 3.41. The van der Waals surface area contributed by atoms with Gasteiger partial charge in [-0.1, -0.05) is 17.7 Å². The van der Waals surface area contributed by atoms with E-state index in [4.69, 9.17) is 11.6 Å². The topological polar surface area (TPSA) is 71.8 Å². The van der Waals surface area contributed by atoms with Gasteiger partial charge in [-0.25, -0.2) is 4.79 Å². The Balaban J connectivity index is 1.66. The van der Waals surface area contributed by atoms with E-state index in [9.17, 15) is 4.79 Å². The lowest BCUT2D eigenvalue weighted by atomic mass is 10.1. The highest BCUT2D eigenvalue weighted by atomic mass is 35.5. The van der Waals surface area contributed by atoms with E-state index >= 15 is 0 Å². The van der Waals surface area contributed by atoms with E-state index < -0.39 is 0 Å². The number of hydrogen-bond acceptors (Lipinski definition) is 3. The van der Waals surface area contributed by atoms with Gasteiger partial charge in [0, 0.05) is 42.3 Å². The van der Waals surface area contributed by atoms with Crippen LogP contribution >= 0.6 is 11.6 Å². The molecular formula is C17H16ClN5O. The molecule has 0 spiro atoms. The smallest absolute Gasteiger partial charge is 0.319 e. The summed E-state index contributed by atoms with van der Waals surface area (Å²) >= 11 is 5.82. The Kier molecular flexibility index (Phi) is 4.77. The molecule has 2 heterocycles. The van der Waals surface area contributed by atoms with Crippen LogP contribution in [0.1, 0.15) is 5.56 Å². The van der Waals surface area contributed by atoms with Gasteiger partial charge in [0.15, 0.2) is 0 Å². The molecule has 3 rings (SSSR count). The first-order valence-electron chi connectivity index (χ1n) is 7.35. The monoisotopic (exact) mass is 341 g/mol. The van der Waals surface area contributed by atoms with Crippen LogP contribution in [0.3, 0.4) is 0 Å². The lowest BCUT2D eigenvalue weighted by molar-refractivity contribution is 0.252. The van der Waals surface area contributed by atoms with E-state index in [-0.39, 0.29) is 6.03 Å². The van der Waals surface area contributed by atoms with Gasteiger partial charge >= 0.3 is 6.03 Å². The third kappa shape index (κ3) is 3.91. The number of aromatic nitrogens is 3. The van der Waals surface area contributed by atoms with Crippen molar-refractivity contribution in [1.29, 1.82) is 0 Å². The summed E-state index contributed by atoms with van der Waals surface area (Å²) in [5.74, 6) is 0. The van der Waals surface area contributed by atoms with Crippen molar-refractivity contribution in [2.75, 3.05) is 5.32 Å². The van der Waals surface area contributed by atoms with Crippen molar-refractivity contribution in [3.63, 3.8) is 0 Å². The first-order valence-corrected chi connectivity index (χ1v) is 7.73. The number of urea groups is 1. The van der Waals surface area contributed by atoms with Crippen molar-refractivity contribution in [2.45, 2.75) is 6.54 Å². The minimum absolute atomic E-state index is 0.293. The summed E-state index contributed by atoms with van der Waals surface area (Å²) in [5.41, 5.74) is 3.30. The zero-order valence-corrected chi connectivity index (χ0v) is 13.8. The van der Waals surface area contributed by atoms with Gasteiger partial charge in [-0.3, -0.25) is 9.67 Å². The summed E-state index contributed by atoms with van der Waals surface area (Å²) in [6.45, 7) is 0.359. The number of pyridine rings is 1. The fourth-order valence-electron chi connectivity index (χ4n) is 2.27. The second-order valence-corrected chi connectivity index (χ2v) is 5.66. The lowest BCUT2D eigenvalue weighted by Crippen LogP contribution is -2.28. The summed E-state index contributed by atoms with van der Waals surface area (Å²) in [4.78, 5) is 16.4. The first kappa shape index (κ1) is 16.0. The molecule has 0 unspecified atom stereocenters. The number of halogens is 1. The Bertz CT molecular complexity index is 844. The van der Waals surface area contributed by atoms with Crippen molar-refractivity contribution in [3.8, 4) is 11.3 Å². The standard InChI is InChI=1S/C17H16ClN5O/c1-23-11-13(10-21-23)16-12(3-2-8-19-16)9-20-17(24)22-15-6-4-14(18)5-7-15/h2-8,10-11H,9H2,1H3,(H2,20,22,24). The molecule has 2 aromatic heterocycles. The average molecular weight is 342 g/mol. The largest absolute Gasteiger partial charge is 0.334 e. The predicted octanol–water partition coefficient (Wildman–Crippen LogP) is 3.46. The minimum Gasteiger partial charge on any atom is -0.334 e. The number of carbonyl (C=O) groups excluding carboxylic acids is 1. The van der Waals surface area contributed by atoms with E-state index in [1.807, 2.05) is 25.4 Å². The number of anilines is 1. The number of nitrogens with zero attached hydrogens (tertiary/aromatic N) is 3. The second-order valence-electron chi connectivity index (χ2n) is 5.23. The van der Waals surface area contributed by atoms with Crippen LogP contribution < -0.4 is 10.6 Å². The molecule has 0 fully saturated rings. The zero-order valence-electron chi connectivity index (χ0n) is 13.0. The summed E-state index contributed by atoms with van der Waals surface area (Å²) in [6.07, 6.45) is 5.36. The number of amides is 2. The van der Waals surface area contributed by atoms with Crippen molar-refractivity contribution in [3.05, 3.63) is 65.6 Å². The number of benzene rings is 1. The van der Waals surface area contributed by atoms with E-state index in [0.717, 1.165) is 16.8 Å². The SMILES string of the molecule is Cn1cc(-c2ncccc2CNC(=O)Nc2ccc(Cl)cc2)cn1. The van der Waals surface area contributed by atoms with Gasteiger partial charge in [0.1, 0.15) is 0 Å². The van der Waals surface area contributed by atoms with Crippen LogP contribution in [-0.4, -0.2) is 20.8 Å². The molecule has 2 N–H and O–H groups in total.